The first-order valence-corrected chi connectivity index (χ1v) is 8.85. The van der Waals surface area contributed by atoms with Crippen molar-refractivity contribution in [2.45, 2.75) is 25.3 Å². The number of rotatable bonds is 4. The Morgan fingerprint density at radius 3 is 2.06 bits per heavy atom. The van der Waals surface area contributed by atoms with Gasteiger partial charge in [0, 0.05) is 25.0 Å². The fourth-order valence-electron chi connectivity index (χ4n) is 2.70. The predicted molar refractivity (Wildman–Crippen MR) is 98.3 cm³/mol. The smallest absolute Gasteiger partial charge is 0.368 e. The lowest BCUT2D eigenvalue weighted by Crippen LogP contribution is -2.31. The van der Waals surface area contributed by atoms with E-state index >= 15 is 0 Å². The van der Waals surface area contributed by atoms with Crippen molar-refractivity contribution in [3.63, 3.8) is 0 Å². The number of amides is 1. The van der Waals surface area contributed by atoms with Gasteiger partial charge >= 0.3 is 12.4 Å². The molecule has 0 spiro atoms. The van der Waals surface area contributed by atoms with E-state index in [0.717, 1.165) is 9.58 Å². The van der Waals surface area contributed by atoms with Crippen LogP contribution in [0.4, 0.5) is 32.3 Å². The lowest BCUT2D eigenvalue weighted by atomic mass is 10.0. The van der Waals surface area contributed by atoms with E-state index < -0.39 is 41.0 Å². The van der Waals surface area contributed by atoms with Crippen LogP contribution < -0.4 is 5.73 Å². The van der Waals surface area contributed by atoms with Crippen LogP contribution in [-0.2, 0) is 12.4 Å². The first-order valence-electron chi connectivity index (χ1n) is 8.85. The zero-order valence-electron chi connectivity index (χ0n) is 16.5. The molecular weight excluding hydrogens is 444 g/mol. The number of nitrogens with zero attached hydrogens (tertiary/aromatic N) is 6. The van der Waals surface area contributed by atoms with Crippen molar-refractivity contribution in [2.24, 2.45) is 0 Å². The molecule has 3 rings (SSSR count). The Morgan fingerprint density at radius 1 is 1.03 bits per heavy atom. The molecule has 1 aromatic carbocycles. The Bertz CT molecular complexity index is 1090. The van der Waals surface area contributed by atoms with Crippen molar-refractivity contribution in [1.29, 1.82) is 0 Å². The van der Waals surface area contributed by atoms with Crippen molar-refractivity contribution >= 4 is 11.9 Å². The number of aromatic nitrogens is 5. The lowest BCUT2D eigenvalue weighted by molar-refractivity contribution is -0.143. The molecule has 1 amide bonds. The van der Waals surface area contributed by atoms with Crippen LogP contribution >= 0.6 is 0 Å². The summed E-state index contributed by atoms with van der Waals surface area (Å²) in [4.78, 5) is 25.6. The third-order valence-electron chi connectivity index (χ3n) is 4.50. The van der Waals surface area contributed by atoms with Gasteiger partial charge in [-0.05, 0) is 31.2 Å². The topological polar surface area (TPSA) is 103 Å². The van der Waals surface area contributed by atoms with Gasteiger partial charge in [0.1, 0.15) is 0 Å². The molecule has 2 N–H and O–H groups in total. The summed E-state index contributed by atoms with van der Waals surface area (Å²) in [6.45, 7) is 1.43. The molecule has 170 valence electrons. The van der Waals surface area contributed by atoms with Crippen molar-refractivity contribution in [1.82, 2.24) is 29.6 Å². The molecule has 0 aliphatic carbocycles. The molecule has 2 heterocycles. The third-order valence-corrected chi connectivity index (χ3v) is 4.50. The highest BCUT2D eigenvalue weighted by Gasteiger charge is 2.38. The van der Waals surface area contributed by atoms with Gasteiger partial charge in [0.25, 0.3) is 11.9 Å². The van der Waals surface area contributed by atoms with Gasteiger partial charge in [-0.15, -0.1) is 5.10 Å². The van der Waals surface area contributed by atoms with Crippen molar-refractivity contribution < 1.29 is 31.1 Å². The van der Waals surface area contributed by atoms with Gasteiger partial charge < -0.3 is 10.6 Å². The highest BCUT2D eigenvalue weighted by molar-refractivity contribution is 5.94. The first-order chi connectivity index (χ1) is 14.8. The van der Waals surface area contributed by atoms with Crippen LogP contribution in [-0.4, -0.2) is 42.6 Å². The maximum atomic E-state index is 13.1. The maximum Gasteiger partial charge on any atom is 0.416 e. The second kappa shape index (κ2) is 8.09. The van der Waals surface area contributed by atoms with Gasteiger partial charge in [0.05, 0.1) is 17.2 Å². The minimum atomic E-state index is -5.08. The third kappa shape index (κ3) is 4.63. The molecule has 14 heteroatoms. The quantitative estimate of drug-likeness (QED) is 0.599. The molecule has 0 saturated heterocycles. The number of benzene rings is 1. The second-order valence-electron chi connectivity index (χ2n) is 6.68. The van der Waals surface area contributed by atoms with E-state index in [1.54, 1.807) is 6.07 Å². The monoisotopic (exact) mass is 459 g/mol. The molecule has 1 unspecified atom stereocenters. The van der Waals surface area contributed by atoms with Gasteiger partial charge in [0.15, 0.2) is 5.82 Å². The van der Waals surface area contributed by atoms with Crippen LogP contribution in [0.3, 0.4) is 0 Å². The second-order valence-corrected chi connectivity index (χ2v) is 6.68. The van der Waals surface area contributed by atoms with E-state index in [0.29, 0.717) is 12.1 Å². The van der Waals surface area contributed by atoms with Crippen LogP contribution in [0.2, 0.25) is 0 Å². The Labute approximate surface area is 176 Å². The molecule has 3 aromatic rings. The summed E-state index contributed by atoms with van der Waals surface area (Å²) in [6, 6.07) is 1.26. The summed E-state index contributed by atoms with van der Waals surface area (Å²) in [5, 5.41) is 4.09. The summed E-state index contributed by atoms with van der Waals surface area (Å²) in [6.07, 6.45) is -7.31. The molecular formula is C18H15F6N7O. The Kier molecular flexibility index (Phi) is 5.80. The van der Waals surface area contributed by atoms with Crippen LogP contribution in [0.1, 0.15) is 40.3 Å². The lowest BCUT2D eigenvalue weighted by Gasteiger charge is -2.23. The molecule has 0 saturated carbocycles. The van der Waals surface area contributed by atoms with Gasteiger partial charge in [-0.1, -0.05) is 0 Å². The van der Waals surface area contributed by atoms with Crippen molar-refractivity contribution in [3.8, 4) is 5.95 Å². The summed E-state index contributed by atoms with van der Waals surface area (Å²) in [5.41, 5.74) is 1.81. The molecule has 0 bridgehead atoms. The van der Waals surface area contributed by atoms with E-state index in [-0.39, 0.29) is 23.8 Å². The standard InChI is InChI=1S/C18H15F6N7O/c1-9(13-28-15(25)31(29-13)16-26-4-3-5-27-16)30(2)14(32)10-6-11(17(19,20)21)8-12(7-10)18(22,23)24/h3-9H,1-2H3,(H2,25,28,29). The summed E-state index contributed by atoms with van der Waals surface area (Å²) < 4.78 is 79.6. The number of nitrogens with two attached hydrogens (primary N) is 1. The van der Waals surface area contributed by atoms with Crippen LogP contribution in [0.25, 0.3) is 5.95 Å². The summed E-state index contributed by atoms with van der Waals surface area (Å²) >= 11 is 0. The molecule has 2 aromatic heterocycles. The zero-order chi connectivity index (χ0) is 23.8. The SMILES string of the molecule is CC(c1nc(N)n(-c2ncccn2)n1)N(C)C(=O)c1cc(C(F)(F)F)cc(C(F)(F)F)c1. The average Bonchev–Trinajstić information content (AvgIpc) is 3.12. The number of hydrogen-bond donors (Lipinski definition) is 1. The van der Waals surface area contributed by atoms with Crippen LogP contribution in [0.5, 0.6) is 0 Å². The van der Waals surface area contributed by atoms with E-state index in [1.165, 1.54) is 26.4 Å². The normalized spacial score (nSPS) is 13.1. The van der Waals surface area contributed by atoms with Crippen molar-refractivity contribution in [2.75, 3.05) is 12.8 Å². The molecule has 0 radical (unpaired) electrons. The van der Waals surface area contributed by atoms with Gasteiger partial charge in [-0.3, -0.25) is 4.79 Å². The highest BCUT2D eigenvalue weighted by Crippen LogP contribution is 2.36. The molecule has 1 atom stereocenters. The van der Waals surface area contributed by atoms with Gasteiger partial charge in [-0.25, -0.2) is 9.97 Å². The van der Waals surface area contributed by atoms with Crippen molar-refractivity contribution in [3.05, 3.63) is 59.2 Å². The fraction of sp³-hybridized carbons (Fsp3) is 0.278. The molecule has 0 aliphatic rings. The average molecular weight is 459 g/mol. The minimum Gasteiger partial charge on any atom is -0.368 e. The number of carbonyl (C=O) groups excluding carboxylic acids is 1. The molecule has 8 nitrogen and oxygen atoms in total. The number of alkyl halides is 6. The van der Waals surface area contributed by atoms with Gasteiger partial charge in [0.2, 0.25) is 5.95 Å². The number of hydrogen-bond acceptors (Lipinski definition) is 6. The number of anilines is 1. The largest absolute Gasteiger partial charge is 0.416 e. The minimum absolute atomic E-state index is 0.0196. The molecule has 0 aliphatic heterocycles. The van der Waals surface area contributed by atoms with E-state index in [4.69, 9.17) is 5.73 Å². The van der Waals surface area contributed by atoms with E-state index in [1.807, 2.05) is 0 Å². The highest BCUT2D eigenvalue weighted by atomic mass is 19.4. The molecule has 0 fully saturated rings. The van der Waals surface area contributed by atoms with Gasteiger partial charge in [-0.2, -0.15) is 36.0 Å². The molecule has 32 heavy (non-hydrogen) atoms. The number of nitrogen functional groups attached to an aromatic ring is 1. The summed E-state index contributed by atoms with van der Waals surface area (Å²) in [5.74, 6) is -1.16. The summed E-state index contributed by atoms with van der Waals surface area (Å²) in [7, 11) is 1.19. The predicted octanol–water partition coefficient (Wildman–Crippen LogP) is 3.51. The Balaban J connectivity index is 1.95. The van der Waals surface area contributed by atoms with Crippen LogP contribution in [0.15, 0.2) is 36.7 Å². The zero-order valence-corrected chi connectivity index (χ0v) is 16.5. The Hall–Kier alpha value is -3.71. The van der Waals surface area contributed by atoms with Crippen LogP contribution in [0, 0.1) is 0 Å². The number of carbonyl (C=O) groups is 1. The number of halogens is 6. The first kappa shape index (κ1) is 23.0. The fourth-order valence-corrected chi connectivity index (χ4v) is 2.70. The van der Waals surface area contributed by atoms with E-state index in [9.17, 15) is 31.1 Å². The maximum absolute atomic E-state index is 13.1. The Morgan fingerprint density at radius 2 is 1.56 bits per heavy atom. The van der Waals surface area contributed by atoms with E-state index in [2.05, 4.69) is 20.1 Å².